The van der Waals surface area contributed by atoms with E-state index in [1.54, 1.807) is 12.3 Å². The van der Waals surface area contributed by atoms with E-state index in [0.29, 0.717) is 18.2 Å². The Balaban J connectivity index is 1.88. The molecular formula is C22H24N4O. The summed E-state index contributed by atoms with van der Waals surface area (Å²) in [6, 6.07) is 15.8. The van der Waals surface area contributed by atoms with Gasteiger partial charge < -0.3 is 10.2 Å². The predicted octanol–water partition coefficient (Wildman–Crippen LogP) is 4.81. The van der Waals surface area contributed by atoms with E-state index in [1.807, 2.05) is 69.0 Å². The van der Waals surface area contributed by atoms with E-state index in [0.717, 1.165) is 28.1 Å². The van der Waals surface area contributed by atoms with Crippen molar-refractivity contribution in [1.29, 1.82) is 0 Å². The maximum atomic E-state index is 12.7. The van der Waals surface area contributed by atoms with Gasteiger partial charge in [-0.2, -0.15) is 0 Å². The van der Waals surface area contributed by atoms with Crippen LogP contribution in [0.4, 0.5) is 17.3 Å². The van der Waals surface area contributed by atoms with Crippen LogP contribution in [-0.2, 0) is 0 Å². The molecule has 0 saturated carbocycles. The Hall–Kier alpha value is -3.21. The molecule has 5 heteroatoms. The first-order chi connectivity index (χ1) is 13.0. The van der Waals surface area contributed by atoms with Gasteiger partial charge in [0, 0.05) is 24.1 Å². The van der Waals surface area contributed by atoms with Crippen LogP contribution in [0.3, 0.4) is 0 Å². The number of aryl methyl sites for hydroxylation is 3. The van der Waals surface area contributed by atoms with Crippen LogP contribution in [0, 0.1) is 20.8 Å². The van der Waals surface area contributed by atoms with Crippen LogP contribution >= 0.6 is 0 Å². The first-order valence-corrected chi connectivity index (χ1v) is 9.04. The molecule has 0 aliphatic carbocycles. The van der Waals surface area contributed by atoms with E-state index in [9.17, 15) is 4.79 Å². The number of carbonyl (C=O) groups is 1. The van der Waals surface area contributed by atoms with Gasteiger partial charge in [0.1, 0.15) is 5.69 Å². The lowest BCUT2D eigenvalue weighted by Gasteiger charge is -2.21. The first kappa shape index (κ1) is 18.6. The standard InChI is InChI=1S/C22H24N4O/c1-5-26(18-8-6-7-15(2)13-18)22-23-12-11-19(25-22)21(27)24-20-14-16(3)9-10-17(20)4/h6-14H,5H2,1-4H3,(H,24,27). The molecule has 3 aromatic rings. The van der Waals surface area contributed by atoms with Gasteiger partial charge in [0.25, 0.3) is 5.91 Å². The highest BCUT2D eigenvalue weighted by Gasteiger charge is 2.15. The molecule has 3 rings (SSSR count). The van der Waals surface area contributed by atoms with Crippen LogP contribution in [0.15, 0.2) is 54.7 Å². The lowest BCUT2D eigenvalue weighted by atomic mass is 10.1. The van der Waals surface area contributed by atoms with E-state index in [4.69, 9.17) is 0 Å². The zero-order valence-electron chi connectivity index (χ0n) is 16.2. The number of amides is 1. The average molecular weight is 360 g/mol. The zero-order valence-corrected chi connectivity index (χ0v) is 16.2. The summed E-state index contributed by atoms with van der Waals surface area (Å²) in [6.45, 7) is 8.75. The third-order valence-corrected chi connectivity index (χ3v) is 4.39. The quantitative estimate of drug-likeness (QED) is 0.709. The number of nitrogens with one attached hydrogen (secondary N) is 1. The molecule has 1 N–H and O–H groups in total. The van der Waals surface area contributed by atoms with Crippen LogP contribution in [0.1, 0.15) is 34.1 Å². The minimum atomic E-state index is -0.243. The minimum Gasteiger partial charge on any atom is -0.320 e. The van der Waals surface area contributed by atoms with Crippen molar-refractivity contribution in [2.45, 2.75) is 27.7 Å². The number of aromatic nitrogens is 2. The second-order valence-electron chi connectivity index (χ2n) is 6.60. The molecule has 0 spiro atoms. The summed E-state index contributed by atoms with van der Waals surface area (Å²) in [6.07, 6.45) is 1.62. The lowest BCUT2D eigenvalue weighted by Crippen LogP contribution is -2.21. The molecule has 0 unspecified atom stereocenters. The maximum absolute atomic E-state index is 12.7. The molecule has 0 bridgehead atoms. The maximum Gasteiger partial charge on any atom is 0.274 e. The molecule has 2 aromatic carbocycles. The lowest BCUT2D eigenvalue weighted by molar-refractivity contribution is 0.102. The molecule has 0 saturated heterocycles. The highest BCUT2D eigenvalue weighted by Crippen LogP contribution is 2.23. The molecular weight excluding hydrogens is 336 g/mol. The van der Waals surface area contributed by atoms with E-state index in [2.05, 4.69) is 21.4 Å². The highest BCUT2D eigenvalue weighted by atomic mass is 16.1. The van der Waals surface area contributed by atoms with Crippen LogP contribution in [0.5, 0.6) is 0 Å². The third-order valence-electron chi connectivity index (χ3n) is 4.39. The van der Waals surface area contributed by atoms with Gasteiger partial charge >= 0.3 is 0 Å². The summed E-state index contributed by atoms with van der Waals surface area (Å²) in [4.78, 5) is 23.6. The van der Waals surface area contributed by atoms with Crippen molar-refractivity contribution >= 4 is 23.2 Å². The number of carbonyl (C=O) groups excluding carboxylic acids is 1. The topological polar surface area (TPSA) is 58.1 Å². The average Bonchev–Trinajstić information content (AvgIpc) is 2.66. The highest BCUT2D eigenvalue weighted by molar-refractivity contribution is 6.03. The third kappa shape index (κ3) is 4.31. The van der Waals surface area contributed by atoms with Crippen molar-refractivity contribution in [3.8, 4) is 0 Å². The number of benzene rings is 2. The van der Waals surface area contributed by atoms with Crippen molar-refractivity contribution < 1.29 is 4.79 Å². The molecule has 0 aliphatic rings. The van der Waals surface area contributed by atoms with Crippen LogP contribution in [-0.4, -0.2) is 22.4 Å². The molecule has 5 nitrogen and oxygen atoms in total. The summed E-state index contributed by atoms with van der Waals surface area (Å²) in [5.41, 5.74) is 5.41. The number of hydrogen-bond donors (Lipinski definition) is 1. The molecule has 0 radical (unpaired) electrons. The fourth-order valence-corrected chi connectivity index (χ4v) is 2.90. The molecule has 138 valence electrons. The normalized spacial score (nSPS) is 10.5. The van der Waals surface area contributed by atoms with Crippen molar-refractivity contribution in [2.75, 3.05) is 16.8 Å². The predicted molar refractivity (Wildman–Crippen MR) is 110 cm³/mol. The Bertz CT molecular complexity index is 968. The van der Waals surface area contributed by atoms with Crippen molar-refractivity contribution in [3.05, 3.63) is 77.1 Å². The molecule has 1 aromatic heterocycles. The van der Waals surface area contributed by atoms with Gasteiger partial charge in [-0.3, -0.25) is 4.79 Å². The molecule has 1 amide bonds. The minimum absolute atomic E-state index is 0.243. The molecule has 0 atom stereocenters. The number of nitrogens with zero attached hydrogens (tertiary/aromatic N) is 3. The zero-order chi connectivity index (χ0) is 19.4. The smallest absolute Gasteiger partial charge is 0.274 e. The van der Waals surface area contributed by atoms with Gasteiger partial charge in [0.05, 0.1) is 0 Å². The molecule has 0 fully saturated rings. The fourth-order valence-electron chi connectivity index (χ4n) is 2.90. The van der Waals surface area contributed by atoms with E-state index in [1.165, 1.54) is 0 Å². The summed E-state index contributed by atoms with van der Waals surface area (Å²) < 4.78 is 0. The van der Waals surface area contributed by atoms with Crippen LogP contribution in [0.25, 0.3) is 0 Å². The fraction of sp³-hybridized carbons (Fsp3) is 0.227. The second-order valence-corrected chi connectivity index (χ2v) is 6.60. The van der Waals surface area contributed by atoms with Crippen LogP contribution < -0.4 is 10.2 Å². The van der Waals surface area contributed by atoms with Crippen molar-refractivity contribution in [1.82, 2.24) is 9.97 Å². The SMILES string of the molecule is CCN(c1cccc(C)c1)c1nccc(C(=O)Nc2cc(C)ccc2C)n1. The van der Waals surface area contributed by atoms with E-state index in [-0.39, 0.29) is 5.91 Å². The largest absolute Gasteiger partial charge is 0.320 e. The summed E-state index contributed by atoms with van der Waals surface area (Å²) in [5, 5.41) is 2.95. The van der Waals surface area contributed by atoms with Gasteiger partial charge in [0.2, 0.25) is 5.95 Å². The Morgan fingerprint density at radius 1 is 1.04 bits per heavy atom. The monoisotopic (exact) mass is 360 g/mol. The number of hydrogen-bond acceptors (Lipinski definition) is 4. The summed E-state index contributed by atoms with van der Waals surface area (Å²) in [7, 11) is 0. The first-order valence-electron chi connectivity index (χ1n) is 9.04. The van der Waals surface area contributed by atoms with Gasteiger partial charge in [-0.05, 0) is 68.7 Å². The Kier molecular flexibility index (Phi) is 5.50. The van der Waals surface area contributed by atoms with E-state index >= 15 is 0 Å². The number of rotatable bonds is 5. The van der Waals surface area contributed by atoms with Crippen LogP contribution in [0.2, 0.25) is 0 Å². The Morgan fingerprint density at radius 2 is 1.81 bits per heavy atom. The van der Waals surface area contributed by atoms with E-state index < -0.39 is 0 Å². The number of anilines is 3. The van der Waals surface area contributed by atoms with Gasteiger partial charge in [-0.1, -0.05) is 24.3 Å². The second kappa shape index (κ2) is 7.99. The van der Waals surface area contributed by atoms with Crippen molar-refractivity contribution in [3.63, 3.8) is 0 Å². The summed E-state index contributed by atoms with van der Waals surface area (Å²) >= 11 is 0. The van der Waals surface area contributed by atoms with Gasteiger partial charge in [-0.15, -0.1) is 0 Å². The molecule has 27 heavy (non-hydrogen) atoms. The molecule has 0 aliphatic heterocycles. The Labute approximate surface area is 160 Å². The van der Waals surface area contributed by atoms with Crippen molar-refractivity contribution in [2.24, 2.45) is 0 Å². The van der Waals surface area contributed by atoms with Gasteiger partial charge in [0.15, 0.2) is 0 Å². The van der Waals surface area contributed by atoms with Gasteiger partial charge in [-0.25, -0.2) is 9.97 Å². The Morgan fingerprint density at radius 3 is 2.56 bits per heavy atom. The summed E-state index contributed by atoms with van der Waals surface area (Å²) in [5.74, 6) is 0.268. The molecule has 1 heterocycles.